The second-order valence-corrected chi connectivity index (χ2v) is 1.00. The lowest BCUT2D eigenvalue weighted by Gasteiger charge is -2.05. The van der Waals surface area contributed by atoms with E-state index in [1.807, 2.05) is 0 Å². The van der Waals surface area contributed by atoms with Crippen LogP contribution in [0.2, 0.25) is 0 Å². The molecule has 0 N–H and O–H groups in total. The highest BCUT2D eigenvalue weighted by atomic mass is 14.0. The molecule has 0 rings (SSSR count). The molecule has 0 aliphatic heterocycles. The lowest BCUT2D eigenvalue weighted by atomic mass is 10.0. The van der Waals surface area contributed by atoms with Gasteiger partial charge in [0.25, 0.3) is 0 Å². The zero-order chi connectivity index (χ0) is 24.5. The van der Waals surface area contributed by atoms with E-state index in [1.54, 1.807) is 0 Å². The molecule has 0 fully saturated rings. The van der Waals surface area contributed by atoms with Gasteiger partial charge in [-0.1, -0.05) is 52.4 Å². The first-order valence-electron chi connectivity index (χ1n) is 12.0. The summed E-state index contributed by atoms with van der Waals surface area (Å²) in [5.74, 6) is -4.51. The highest BCUT2D eigenvalue weighted by molar-refractivity contribution is 4.49. The first-order valence-corrected chi connectivity index (χ1v) is 2.00. The number of hydrogen-bond donors (Lipinski definition) is 0. The Morgan fingerprint density at radius 3 is 3.22 bits per heavy atom. The van der Waals surface area contributed by atoms with Crippen molar-refractivity contribution in [3.05, 3.63) is 0 Å². The van der Waals surface area contributed by atoms with Gasteiger partial charge in [-0.2, -0.15) is 0 Å². The molecule has 0 aromatic rings. The third-order valence-electron chi connectivity index (χ3n) is 0.438. The lowest BCUT2D eigenvalue weighted by molar-refractivity contribution is 0.482. The average Bonchev–Trinajstić information content (AvgIpc) is 2.41. The van der Waals surface area contributed by atoms with Gasteiger partial charge in [0.05, 0.1) is 0 Å². The van der Waals surface area contributed by atoms with Crippen molar-refractivity contribution < 1.29 is 27.4 Å². The normalized spacial score (nSPS) is 62.2. The highest BCUT2D eigenvalue weighted by Crippen LogP contribution is 2.11. The first kappa shape index (κ1) is 0.735. The van der Waals surface area contributed by atoms with E-state index in [0.717, 1.165) is 0 Å². The van der Waals surface area contributed by atoms with Gasteiger partial charge in [-0.15, -0.1) is 0 Å². The Labute approximate surface area is 87.8 Å². The van der Waals surface area contributed by atoms with Crippen LogP contribution in [0, 0.1) is 5.89 Å². The molecule has 0 aliphatic rings. The maximum atomic E-state index is 7.99. The summed E-state index contributed by atoms with van der Waals surface area (Å²) in [6.07, 6.45) is -21.9. The highest BCUT2D eigenvalue weighted by Gasteiger charge is 1.95. The molecule has 0 saturated heterocycles. The second kappa shape index (κ2) is 6.12. The zero-order valence-electron chi connectivity index (χ0n) is 24.5. The fourth-order valence-corrected chi connectivity index (χ4v) is 0.156. The second-order valence-electron chi connectivity index (χ2n) is 1.00. The summed E-state index contributed by atoms with van der Waals surface area (Å²) in [6.45, 7) is -12.1. The van der Waals surface area contributed by atoms with Crippen LogP contribution < -0.4 is 0 Å². The number of rotatable bonds is 5. The third-order valence-corrected chi connectivity index (χ3v) is 0.438. The van der Waals surface area contributed by atoms with Crippen LogP contribution in [0.15, 0.2) is 0 Å². The molecular formula is C9H20. The van der Waals surface area contributed by atoms with E-state index < -0.39 is 58.3 Å². The van der Waals surface area contributed by atoms with Crippen LogP contribution in [-0.2, 0) is 0 Å². The van der Waals surface area contributed by atoms with Crippen molar-refractivity contribution in [2.45, 2.75) is 52.4 Å². The van der Waals surface area contributed by atoms with Gasteiger partial charge < -0.3 is 0 Å². The molecule has 0 heteroatoms. The lowest BCUT2D eigenvalue weighted by Crippen LogP contribution is -1.90. The van der Waals surface area contributed by atoms with Gasteiger partial charge in [-0.05, 0) is 5.89 Å². The van der Waals surface area contributed by atoms with Crippen LogP contribution >= 0.6 is 0 Å². The van der Waals surface area contributed by atoms with Gasteiger partial charge in [0.1, 0.15) is 0 Å². The van der Waals surface area contributed by atoms with Gasteiger partial charge in [0.15, 0.2) is 0 Å². The van der Waals surface area contributed by atoms with Gasteiger partial charge in [0, 0.05) is 27.4 Å². The average molecular weight is 148 g/mol. The van der Waals surface area contributed by atoms with Crippen molar-refractivity contribution in [3.8, 4) is 0 Å². The Bertz CT molecular complexity index is 599. The summed E-state index contributed by atoms with van der Waals surface area (Å²) in [7, 11) is 0. The van der Waals surface area contributed by atoms with Crippen molar-refractivity contribution in [1.29, 1.82) is 0 Å². The van der Waals surface area contributed by atoms with E-state index in [-0.39, 0.29) is 0 Å². The predicted molar refractivity (Wildman–Crippen MR) is 43.6 cm³/mol. The summed E-state index contributed by atoms with van der Waals surface area (Å²) in [4.78, 5) is 0. The molecule has 0 aliphatic carbocycles. The van der Waals surface area contributed by atoms with Gasteiger partial charge in [0.2, 0.25) is 0 Å². The maximum Gasteiger partial charge on any atom is 0.0300 e. The summed E-state index contributed by atoms with van der Waals surface area (Å²) >= 11 is 0. The van der Waals surface area contributed by atoms with E-state index in [2.05, 4.69) is 0 Å². The Morgan fingerprint density at radius 2 is 2.56 bits per heavy atom. The van der Waals surface area contributed by atoms with Crippen LogP contribution in [0.25, 0.3) is 0 Å². The largest absolute Gasteiger partial charge is 0.0654 e. The molecule has 0 bridgehead atoms. The van der Waals surface area contributed by atoms with Crippen molar-refractivity contribution in [2.75, 3.05) is 0 Å². The molecule has 0 aromatic carbocycles. The minimum atomic E-state index is -4.58. The molecule has 9 heavy (non-hydrogen) atoms. The van der Waals surface area contributed by atoms with Gasteiger partial charge in [-0.3, -0.25) is 0 Å². The fraction of sp³-hybridized carbons (Fsp3) is 1.00. The van der Waals surface area contributed by atoms with E-state index in [4.69, 9.17) is 27.4 Å². The summed E-state index contributed by atoms with van der Waals surface area (Å²) in [5, 5.41) is 0. The minimum Gasteiger partial charge on any atom is -0.0654 e. The molecule has 1 unspecified atom stereocenters. The third kappa shape index (κ3) is 5.88. The Balaban J connectivity index is 7.21. The molecule has 1 atom stereocenters. The van der Waals surface area contributed by atoms with E-state index in [1.165, 1.54) is 0 Å². The molecule has 0 heterocycles. The van der Waals surface area contributed by atoms with E-state index in [0.29, 0.717) is 0 Å². The minimum absolute atomic E-state index is 3.88. The summed E-state index contributed by atoms with van der Waals surface area (Å²) in [5.41, 5.74) is 0. The Hall–Kier alpha value is 0. The van der Waals surface area contributed by atoms with Crippen LogP contribution in [0.5, 0.6) is 0 Å². The Kier molecular flexibility index (Phi) is 0.500. The topological polar surface area (TPSA) is 0 Å². The standard InChI is InChI=1S/C9H20/c1-4-6-7-8-9(3)5-2/h9H,4-8H2,1-3H3/i1D3,2D3,3D3,4D2,5D2,6D2,7D2,8D2,9D. The van der Waals surface area contributed by atoms with Crippen LogP contribution in [0.1, 0.15) is 79.8 Å². The quantitative estimate of drug-likeness (QED) is 0.559. The molecular weight excluding hydrogens is 108 g/mol. The van der Waals surface area contributed by atoms with E-state index in [9.17, 15) is 0 Å². The van der Waals surface area contributed by atoms with Crippen molar-refractivity contribution in [1.82, 2.24) is 0 Å². The molecule has 0 saturated carbocycles. The van der Waals surface area contributed by atoms with E-state index >= 15 is 0 Å². The van der Waals surface area contributed by atoms with Crippen molar-refractivity contribution >= 4 is 0 Å². The Morgan fingerprint density at radius 1 is 1.56 bits per heavy atom. The molecule has 0 radical (unpaired) electrons. The summed E-state index contributed by atoms with van der Waals surface area (Å²) < 4.78 is 150. The SMILES string of the molecule is [2H]C([2H])([2H])C([2H])([2H])C([2H])([2H])C([2H])([2H])C([2H])([2H])C([2H])(C([2H])([2H])[2H])C([2H])([2H])C([2H])([2H])[2H]. The van der Waals surface area contributed by atoms with Crippen molar-refractivity contribution in [3.63, 3.8) is 0 Å². The molecule has 56 valence electrons. The van der Waals surface area contributed by atoms with Crippen molar-refractivity contribution in [2.24, 2.45) is 5.89 Å². The molecule has 0 spiro atoms. The monoisotopic (exact) mass is 148 g/mol. The van der Waals surface area contributed by atoms with Gasteiger partial charge in [-0.25, -0.2) is 0 Å². The maximum absolute atomic E-state index is 7.99. The molecule has 0 amide bonds. The smallest absolute Gasteiger partial charge is 0.0300 e. The van der Waals surface area contributed by atoms with Crippen LogP contribution in [-0.4, -0.2) is 0 Å². The molecule has 0 nitrogen and oxygen atoms in total. The number of hydrogen-bond acceptors (Lipinski definition) is 0. The van der Waals surface area contributed by atoms with Crippen LogP contribution in [0.4, 0.5) is 0 Å². The van der Waals surface area contributed by atoms with Gasteiger partial charge >= 0.3 is 0 Å². The summed E-state index contributed by atoms with van der Waals surface area (Å²) in [6, 6.07) is 0. The predicted octanol–water partition coefficient (Wildman–Crippen LogP) is 3.61. The first-order chi connectivity index (χ1) is 12.0. The van der Waals surface area contributed by atoms with Crippen LogP contribution in [0.3, 0.4) is 0 Å². The zero-order valence-corrected chi connectivity index (χ0v) is 4.50. The molecule has 0 aromatic heterocycles. The fourth-order valence-electron chi connectivity index (χ4n) is 0.156.